The van der Waals surface area contributed by atoms with Crippen LogP contribution in [0, 0.1) is 6.92 Å². The molecule has 3 aromatic carbocycles. The molecular formula is C28H23F3NO6-. The lowest BCUT2D eigenvalue weighted by molar-refractivity contribution is -0.312. The fourth-order valence-electron chi connectivity index (χ4n) is 4.18. The van der Waals surface area contributed by atoms with Gasteiger partial charge in [-0.15, -0.1) is 13.2 Å². The average molecular weight is 526 g/mol. The molecule has 0 amide bonds. The number of carboxylic acids is 1. The number of hydrogen-bond acceptors (Lipinski definition) is 6. The molecule has 198 valence electrons. The van der Waals surface area contributed by atoms with Crippen LogP contribution in [0.1, 0.15) is 34.1 Å². The minimum Gasteiger partial charge on any atom is -0.546 e. The molecule has 10 heteroatoms. The number of benzene rings is 3. The van der Waals surface area contributed by atoms with Crippen molar-refractivity contribution in [3.05, 3.63) is 89.1 Å². The fourth-order valence-corrected chi connectivity index (χ4v) is 4.18. The van der Waals surface area contributed by atoms with Crippen LogP contribution in [0.25, 0.3) is 10.9 Å². The Labute approximate surface area is 216 Å². The summed E-state index contributed by atoms with van der Waals surface area (Å²) in [6.07, 6.45) is -6.07. The van der Waals surface area contributed by atoms with E-state index < -0.39 is 24.2 Å². The van der Waals surface area contributed by atoms with Crippen LogP contribution < -0.4 is 19.3 Å². The molecule has 4 aromatic rings. The summed E-state index contributed by atoms with van der Waals surface area (Å²) < 4.78 is 55.2. The van der Waals surface area contributed by atoms with Gasteiger partial charge in [-0.3, -0.25) is 4.79 Å². The molecule has 0 N–H and O–H groups in total. The Balaban J connectivity index is 1.80. The number of ketones is 1. The van der Waals surface area contributed by atoms with Gasteiger partial charge in [0.2, 0.25) is 0 Å². The second-order valence-corrected chi connectivity index (χ2v) is 8.56. The van der Waals surface area contributed by atoms with E-state index in [1.807, 2.05) is 0 Å². The van der Waals surface area contributed by atoms with Gasteiger partial charge >= 0.3 is 6.36 Å². The Morgan fingerprint density at radius 2 is 1.66 bits per heavy atom. The van der Waals surface area contributed by atoms with Crippen LogP contribution in [0.3, 0.4) is 0 Å². The SMILES string of the molecule is COc1ccc(C(=O)c2c(C)n(Cc3cccc(O[C@H](C)C(=O)[O-])c3)c3cc(OC(F)(F)F)ccc23)cc1. The van der Waals surface area contributed by atoms with Crippen LogP contribution in [0.4, 0.5) is 13.2 Å². The maximum absolute atomic E-state index is 13.6. The summed E-state index contributed by atoms with van der Waals surface area (Å²) in [5, 5.41) is 11.5. The smallest absolute Gasteiger partial charge is 0.546 e. The number of methoxy groups -OCH3 is 1. The van der Waals surface area contributed by atoms with Gasteiger partial charge in [-0.25, -0.2) is 0 Å². The third kappa shape index (κ3) is 5.74. The summed E-state index contributed by atoms with van der Waals surface area (Å²) in [4.78, 5) is 24.6. The molecule has 7 nitrogen and oxygen atoms in total. The van der Waals surface area contributed by atoms with Crippen LogP contribution in [0.15, 0.2) is 66.7 Å². The molecule has 38 heavy (non-hydrogen) atoms. The Morgan fingerprint density at radius 1 is 0.974 bits per heavy atom. The number of fused-ring (bicyclic) bond motifs is 1. The number of hydrogen-bond donors (Lipinski definition) is 0. The number of halogens is 3. The number of ether oxygens (including phenoxy) is 3. The molecule has 0 aliphatic carbocycles. The predicted octanol–water partition coefficient (Wildman–Crippen LogP) is 4.65. The third-order valence-corrected chi connectivity index (χ3v) is 5.99. The van der Waals surface area contributed by atoms with Crippen molar-refractivity contribution in [3.63, 3.8) is 0 Å². The molecule has 0 saturated carbocycles. The first kappa shape index (κ1) is 26.6. The lowest BCUT2D eigenvalue weighted by atomic mass is 10.0. The summed E-state index contributed by atoms with van der Waals surface area (Å²) in [6.45, 7) is 3.20. The zero-order valence-corrected chi connectivity index (χ0v) is 20.7. The molecule has 0 saturated heterocycles. The quantitative estimate of drug-likeness (QED) is 0.295. The molecule has 0 spiro atoms. The fraction of sp³-hybridized carbons (Fsp3) is 0.214. The first-order chi connectivity index (χ1) is 18.0. The number of aliphatic carboxylic acids is 1. The third-order valence-electron chi connectivity index (χ3n) is 5.99. The van der Waals surface area contributed by atoms with Crippen molar-refractivity contribution < 1.29 is 42.1 Å². The van der Waals surface area contributed by atoms with Crippen LogP contribution in [0.5, 0.6) is 17.2 Å². The number of nitrogens with zero attached hydrogens (tertiary/aromatic N) is 1. The first-order valence-electron chi connectivity index (χ1n) is 11.5. The number of alkyl halides is 3. The van der Waals surface area contributed by atoms with Crippen LogP contribution >= 0.6 is 0 Å². The topological polar surface area (TPSA) is 89.8 Å². The summed E-state index contributed by atoms with van der Waals surface area (Å²) in [5.41, 5.74) is 2.27. The molecule has 1 heterocycles. The highest BCUT2D eigenvalue weighted by Crippen LogP contribution is 2.34. The van der Waals surface area contributed by atoms with E-state index in [9.17, 15) is 27.9 Å². The minimum absolute atomic E-state index is 0.157. The van der Waals surface area contributed by atoms with E-state index in [1.165, 1.54) is 32.2 Å². The monoisotopic (exact) mass is 526 g/mol. The van der Waals surface area contributed by atoms with Gasteiger partial charge in [0.1, 0.15) is 23.4 Å². The number of aromatic nitrogens is 1. The zero-order valence-electron chi connectivity index (χ0n) is 20.7. The van der Waals surface area contributed by atoms with E-state index in [1.54, 1.807) is 60.0 Å². The summed E-state index contributed by atoms with van der Waals surface area (Å²) >= 11 is 0. The first-order valence-corrected chi connectivity index (χ1v) is 11.5. The lowest BCUT2D eigenvalue weighted by Crippen LogP contribution is -2.37. The second kappa shape index (κ2) is 10.5. The van der Waals surface area contributed by atoms with Gasteiger partial charge in [-0.2, -0.15) is 0 Å². The number of carboxylic acid groups (broad SMARTS) is 1. The van der Waals surface area contributed by atoms with Crippen LogP contribution in [-0.4, -0.2) is 35.9 Å². The Kier molecular flexibility index (Phi) is 7.34. The van der Waals surface area contributed by atoms with Gasteiger partial charge in [0, 0.05) is 29.3 Å². The standard InChI is InChI=1S/C28H24F3NO6/c1-16-25(26(33)19-7-9-20(36-3)10-8-19)23-12-11-22(38-28(29,30)31)14-24(23)32(16)15-18-5-4-6-21(13-18)37-17(2)27(34)35/h4-14,17H,15H2,1-3H3,(H,34,35)/p-1/t17-/m1/s1. The van der Waals surface area contributed by atoms with Crippen molar-refractivity contribution in [2.45, 2.75) is 32.9 Å². The van der Waals surface area contributed by atoms with E-state index in [0.717, 1.165) is 0 Å². The van der Waals surface area contributed by atoms with E-state index in [-0.39, 0.29) is 18.1 Å². The number of carbonyl (C=O) groups excluding carboxylic acids is 2. The predicted molar refractivity (Wildman–Crippen MR) is 130 cm³/mol. The highest BCUT2D eigenvalue weighted by Gasteiger charge is 2.31. The summed E-state index contributed by atoms with van der Waals surface area (Å²) in [5.74, 6) is -1.25. The maximum Gasteiger partial charge on any atom is 0.573 e. The van der Waals surface area contributed by atoms with Gasteiger partial charge in [0.15, 0.2) is 5.78 Å². The molecule has 0 radical (unpaired) electrons. The molecule has 1 aromatic heterocycles. The van der Waals surface area contributed by atoms with Crippen LogP contribution in [-0.2, 0) is 11.3 Å². The van der Waals surface area contributed by atoms with Crippen molar-refractivity contribution in [3.8, 4) is 17.2 Å². The van der Waals surface area contributed by atoms with E-state index >= 15 is 0 Å². The van der Waals surface area contributed by atoms with Crippen LogP contribution in [0.2, 0.25) is 0 Å². The maximum atomic E-state index is 13.6. The number of carbonyl (C=O) groups is 2. The van der Waals surface area contributed by atoms with Gasteiger partial charge in [-0.1, -0.05) is 12.1 Å². The molecule has 0 unspecified atom stereocenters. The van der Waals surface area contributed by atoms with Crippen molar-refractivity contribution in [1.29, 1.82) is 0 Å². The molecule has 0 aliphatic rings. The largest absolute Gasteiger partial charge is 0.573 e. The minimum atomic E-state index is -4.89. The molecule has 1 atom stereocenters. The molecule has 0 fully saturated rings. The zero-order chi connectivity index (χ0) is 27.6. The van der Waals surface area contributed by atoms with Crippen molar-refractivity contribution in [1.82, 2.24) is 4.57 Å². The van der Waals surface area contributed by atoms with Gasteiger partial charge < -0.3 is 28.7 Å². The van der Waals surface area contributed by atoms with Crippen molar-refractivity contribution >= 4 is 22.7 Å². The normalized spacial score (nSPS) is 12.3. The molecule has 0 aliphatic heterocycles. The van der Waals surface area contributed by atoms with Crippen molar-refractivity contribution in [2.75, 3.05) is 7.11 Å². The average Bonchev–Trinajstić information content (AvgIpc) is 3.13. The van der Waals surface area contributed by atoms with Gasteiger partial charge in [0.05, 0.1) is 24.2 Å². The van der Waals surface area contributed by atoms with E-state index in [4.69, 9.17) is 9.47 Å². The molecular weight excluding hydrogens is 503 g/mol. The number of rotatable bonds is 9. The summed E-state index contributed by atoms with van der Waals surface area (Å²) in [7, 11) is 1.51. The highest BCUT2D eigenvalue weighted by atomic mass is 19.4. The van der Waals surface area contributed by atoms with Gasteiger partial charge in [0.25, 0.3) is 0 Å². The van der Waals surface area contributed by atoms with Gasteiger partial charge in [-0.05, 0) is 67.9 Å². The molecule has 0 bridgehead atoms. The molecule has 4 rings (SSSR count). The Morgan fingerprint density at radius 3 is 2.29 bits per heavy atom. The Bertz CT molecular complexity index is 1490. The van der Waals surface area contributed by atoms with E-state index in [0.29, 0.717) is 39.0 Å². The highest BCUT2D eigenvalue weighted by molar-refractivity contribution is 6.17. The second-order valence-electron chi connectivity index (χ2n) is 8.56. The van der Waals surface area contributed by atoms with E-state index in [2.05, 4.69) is 4.74 Å². The lowest BCUT2D eigenvalue weighted by Gasteiger charge is -2.16. The Hall–Kier alpha value is -4.47. The van der Waals surface area contributed by atoms with Crippen molar-refractivity contribution in [2.24, 2.45) is 0 Å². The summed E-state index contributed by atoms with van der Waals surface area (Å²) in [6, 6.07) is 17.0.